The number of non-ortho nitro benzene ring substituents is 1. The van der Waals surface area contributed by atoms with Crippen LogP contribution in [0.3, 0.4) is 0 Å². The molecule has 2 unspecified atom stereocenters. The molecule has 0 aliphatic heterocycles. The lowest BCUT2D eigenvalue weighted by atomic mass is 10.2. The molecule has 0 saturated carbocycles. The van der Waals surface area contributed by atoms with Gasteiger partial charge in [-0.2, -0.15) is 0 Å². The Balaban J connectivity index is 3.04. The fourth-order valence-electron chi connectivity index (χ4n) is 1.95. The molecule has 24 heavy (non-hydrogen) atoms. The number of aliphatic hydroxyl groups is 2. The quantitative estimate of drug-likeness (QED) is 0.305. The van der Waals surface area contributed by atoms with Crippen molar-refractivity contribution in [1.29, 1.82) is 0 Å². The van der Waals surface area contributed by atoms with Crippen molar-refractivity contribution in [3.8, 4) is 0 Å². The third kappa shape index (κ3) is 6.56. The Morgan fingerprint density at radius 1 is 1.25 bits per heavy atom. The summed E-state index contributed by atoms with van der Waals surface area (Å²) in [4.78, 5) is 10.5. The number of halogens is 1. The molecule has 0 aromatic heterocycles. The first-order valence-electron chi connectivity index (χ1n) is 7.34. The minimum absolute atomic E-state index is 0.0912. The molecule has 0 amide bonds. The van der Waals surface area contributed by atoms with Crippen molar-refractivity contribution in [1.82, 2.24) is 5.43 Å². The molecule has 0 radical (unpaired) electrons. The van der Waals surface area contributed by atoms with E-state index in [-0.39, 0.29) is 37.1 Å². The van der Waals surface area contributed by atoms with Crippen LogP contribution in [-0.2, 0) is 9.47 Å². The highest BCUT2D eigenvalue weighted by Gasteiger charge is 2.21. The van der Waals surface area contributed by atoms with Gasteiger partial charge in [0.05, 0.1) is 37.0 Å². The predicted octanol–water partition coefficient (Wildman–Crippen LogP) is 1.27. The van der Waals surface area contributed by atoms with E-state index in [4.69, 9.17) is 31.3 Å². The normalized spacial score (nSPS) is 13.5. The highest BCUT2D eigenvalue weighted by atomic mass is 35.5. The van der Waals surface area contributed by atoms with Crippen LogP contribution in [0.5, 0.6) is 0 Å². The molecule has 0 bridgehead atoms. The number of hydrazine groups is 1. The molecule has 1 rings (SSSR count). The molecule has 0 aliphatic rings. The van der Waals surface area contributed by atoms with Crippen molar-refractivity contribution in [3.63, 3.8) is 0 Å². The van der Waals surface area contributed by atoms with E-state index in [9.17, 15) is 10.1 Å². The molecule has 1 aromatic carbocycles. The van der Waals surface area contributed by atoms with Crippen molar-refractivity contribution in [2.24, 2.45) is 0 Å². The third-order valence-electron chi connectivity index (χ3n) is 2.95. The van der Waals surface area contributed by atoms with Gasteiger partial charge in [-0.1, -0.05) is 11.6 Å². The standard InChI is InChI=1S/C14H22ClN3O6/c1-10(23-5-3-19)16-17(11(2)24-6-4-20)13-7-12(15)8-14(9-13)18(21)22/h7-11,16,19-20H,3-6H2,1-2H3. The number of rotatable bonds is 11. The predicted molar refractivity (Wildman–Crippen MR) is 88.7 cm³/mol. The maximum atomic E-state index is 11.0. The minimum atomic E-state index is -0.574. The van der Waals surface area contributed by atoms with Gasteiger partial charge in [0.15, 0.2) is 0 Å². The minimum Gasteiger partial charge on any atom is -0.394 e. The average Bonchev–Trinajstić information content (AvgIpc) is 2.54. The lowest BCUT2D eigenvalue weighted by Crippen LogP contribution is -2.51. The summed E-state index contributed by atoms with van der Waals surface area (Å²) in [5.41, 5.74) is 3.22. The molecule has 136 valence electrons. The van der Waals surface area contributed by atoms with Crippen LogP contribution in [0.2, 0.25) is 5.02 Å². The number of nitro benzene ring substituents is 1. The monoisotopic (exact) mass is 363 g/mol. The van der Waals surface area contributed by atoms with Crippen LogP contribution in [-0.4, -0.2) is 54.0 Å². The number of nitro groups is 1. The first kappa shape index (κ1) is 20.6. The van der Waals surface area contributed by atoms with Crippen molar-refractivity contribution >= 4 is 23.0 Å². The highest BCUT2D eigenvalue weighted by Crippen LogP contribution is 2.27. The fourth-order valence-corrected chi connectivity index (χ4v) is 2.18. The molecule has 0 heterocycles. The third-order valence-corrected chi connectivity index (χ3v) is 3.17. The van der Waals surface area contributed by atoms with Crippen LogP contribution in [0.15, 0.2) is 18.2 Å². The summed E-state index contributed by atoms with van der Waals surface area (Å²) < 4.78 is 10.8. The Kier molecular flexibility index (Phi) is 8.90. The molecule has 10 heteroatoms. The molecule has 1 aromatic rings. The van der Waals surface area contributed by atoms with Crippen LogP contribution < -0.4 is 10.4 Å². The van der Waals surface area contributed by atoms with Gasteiger partial charge in [-0.25, -0.2) is 5.43 Å². The number of ether oxygens (including phenoxy) is 2. The van der Waals surface area contributed by atoms with Gasteiger partial charge in [-0.3, -0.25) is 15.1 Å². The number of hydrogen-bond donors (Lipinski definition) is 3. The van der Waals surface area contributed by atoms with Crippen molar-refractivity contribution in [2.75, 3.05) is 31.4 Å². The number of nitrogens with one attached hydrogen (secondary N) is 1. The number of hydrogen-bond acceptors (Lipinski definition) is 8. The van der Waals surface area contributed by atoms with Crippen LogP contribution >= 0.6 is 11.6 Å². The van der Waals surface area contributed by atoms with Crippen LogP contribution in [0, 0.1) is 10.1 Å². The van der Waals surface area contributed by atoms with Gasteiger partial charge < -0.3 is 19.7 Å². The summed E-state index contributed by atoms with van der Waals surface area (Å²) in [7, 11) is 0. The van der Waals surface area contributed by atoms with E-state index in [0.717, 1.165) is 0 Å². The summed E-state index contributed by atoms with van der Waals surface area (Å²) >= 11 is 5.96. The van der Waals surface area contributed by atoms with Crippen molar-refractivity contribution in [2.45, 2.75) is 26.3 Å². The smallest absolute Gasteiger partial charge is 0.273 e. The number of aliphatic hydroxyl groups excluding tert-OH is 2. The van der Waals surface area contributed by atoms with E-state index in [1.807, 2.05) is 0 Å². The van der Waals surface area contributed by atoms with Crippen LogP contribution in [0.25, 0.3) is 0 Å². The Labute approximate surface area is 144 Å². The molecule has 0 aliphatic carbocycles. The van der Waals surface area contributed by atoms with Gasteiger partial charge in [0.1, 0.15) is 12.5 Å². The maximum Gasteiger partial charge on any atom is 0.273 e. The van der Waals surface area contributed by atoms with Crippen molar-refractivity contribution < 1.29 is 24.6 Å². The van der Waals surface area contributed by atoms with Crippen LogP contribution in [0.4, 0.5) is 11.4 Å². The average molecular weight is 364 g/mol. The zero-order chi connectivity index (χ0) is 18.1. The molecule has 0 saturated heterocycles. The lowest BCUT2D eigenvalue weighted by Gasteiger charge is -2.33. The van der Waals surface area contributed by atoms with Gasteiger partial charge in [0.25, 0.3) is 5.69 Å². The maximum absolute atomic E-state index is 11.0. The van der Waals surface area contributed by atoms with Gasteiger partial charge >= 0.3 is 0 Å². The van der Waals surface area contributed by atoms with Gasteiger partial charge in [-0.15, -0.1) is 0 Å². The topological polar surface area (TPSA) is 117 Å². The molecule has 0 fully saturated rings. The zero-order valence-corrected chi connectivity index (χ0v) is 14.3. The highest BCUT2D eigenvalue weighted by molar-refractivity contribution is 6.31. The zero-order valence-electron chi connectivity index (χ0n) is 13.5. The summed E-state index contributed by atoms with van der Waals surface area (Å²) in [6.07, 6.45) is -1.08. The molecule has 0 spiro atoms. The van der Waals surface area contributed by atoms with E-state index in [1.54, 1.807) is 19.9 Å². The van der Waals surface area contributed by atoms with E-state index in [1.165, 1.54) is 17.1 Å². The molecule has 3 N–H and O–H groups in total. The largest absolute Gasteiger partial charge is 0.394 e. The number of benzene rings is 1. The first-order valence-corrected chi connectivity index (χ1v) is 7.72. The van der Waals surface area contributed by atoms with E-state index in [2.05, 4.69) is 5.43 Å². The summed E-state index contributed by atoms with van der Waals surface area (Å²) in [6, 6.07) is 4.13. The Morgan fingerprint density at radius 3 is 2.46 bits per heavy atom. The van der Waals surface area contributed by atoms with Gasteiger partial charge in [0, 0.05) is 17.2 Å². The molecular formula is C14H22ClN3O6. The Hall–Kier alpha value is -1.49. The summed E-state index contributed by atoms with van der Waals surface area (Å²) in [6.45, 7) is 3.33. The van der Waals surface area contributed by atoms with E-state index >= 15 is 0 Å². The molecular weight excluding hydrogens is 342 g/mol. The van der Waals surface area contributed by atoms with E-state index < -0.39 is 17.4 Å². The van der Waals surface area contributed by atoms with E-state index in [0.29, 0.717) is 5.69 Å². The second-order valence-electron chi connectivity index (χ2n) is 4.85. The number of anilines is 1. The second-order valence-corrected chi connectivity index (χ2v) is 5.29. The summed E-state index contributed by atoms with van der Waals surface area (Å²) in [5.74, 6) is 0. The SMILES string of the molecule is CC(NN(c1cc(Cl)cc([N+](=O)[O-])c1)C(C)OCCO)OCCO. The molecule has 9 nitrogen and oxygen atoms in total. The second kappa shape index (κ2) is 10.4. The number of nitrogens with zero attached hydrogens (tertiary/aromatic N) is 2. The Bertz CT molecular complexity index is 533. The fraction of sp³-hybridized carbons (Fsp3) is 0.571. The van der Waals surface area contributed by atoms with Crippen LogP contribution in [0.1, 0.15) is 13.8 Å². The Morgan fingerprint density at radius 2 is 1.88 bits per heavy atom. The van der Waals surface area contributed by atoms with Gasteiger partial charge in [0.2, 0.25) is 0 Å². The molecule has 2 atom stereocenters. The summed E-state index contributed by atoms with van der Waals surface area (Å²) in [5, 5.41) is 30.4. The van der Waals surface area contributed by atoms with Crippen molar-refractivity contribution in [3.05, 3.63) is 33.3 Å². The lowest BCUT2D eigenvalue weighted by molar-refractivity contribution is -0.384. The van der Waals surface area contributed by atoms with Gasteiger partial charge in [-0.05, 0) is 19.9 Å². The first-order chi connectivity index (χ1) is 11.4.